The summed E-state index contributed by atoms with van der Waals surface area (Å²) in [5, 5.41) is 3.19. The topological polar surface area (TPSA) is 67.9 Å². The highest BCUT2D eigenvalue weighted by Crippen LogP contribution is 2.35. The lowest BCUT2D eigenvalue weighted by Gasteiger charge is -2.39. The summed E-state index contributed by atoms with van der Waals surface area (Å²) in [6, 6.07) is 13.7. The number of carbonyl (C=O) groups excluding carboxylic acids is 2. The van der Waals surface area contributed by atoms with Crippen LogP contribution in [0.5, 0.6) is 5.75 Å². The number of rotatable bonds is 7. The molecule has 2 amide bonds. The molecule has 0 spiro atoms. The van der Waals surface area contributed by atoms with Crippen LogP contribution in [0.1, 0.15) is 48.5 Å². The third kappa shape index (κ3) is 5.58. The smallest absolute Gasteiger partial charge is 0.253 e. The van der Waals surface area contributed by atoms with Gasteiger partial charge in [-0.25, -0.2) is 4.39 Å². The normalized spacial score (nSPS) is 19.9. The minimum Gasteiger partial charge on any atom is -0.494 e. The molecular weight excluding hydrogens is 435 g/mol. The van der Waals surface area contributed by atoms with E-state index in [2.05, 4.69) is 17.4 Å². The van der Waals surface area contributed by atoms with Crippen molar-refractivity contribution in [3.05, 3.63) is 65.5 Å². The molecule has 1 atom stereocenters. The Labute approximate surface area is 200 Å². The Morgan fingerprint density at radius 1 is 1.12 bits per heavy atom. The van der Waals surface area contributed by atoms with Crippen LogP contribution < -0.4 is 10.1 Å². The van der Waals surface area contributed by atoms with Crippen LogP contribution in [0.2, 0.25) is 0 Å². The molecule has 4 rings (SSSR count). The SMILES string of the molecule is CCOc1ccc(C2(CNC(=O)C3CCCN(C(=O)c4ccc(F)cc4)C3)CCOCC2)cc1. The Morgan fingerprint density at radius 2 is 1.82 bits per heavy atom. The molecule has 1 N–H and O–H groups in total. The predicted molar refractivity (Wildman–Crippen MR) is 127 cm³/mol. The van der Waals surface area contributed by atoms with E-state index in [0.717, 1.165) is 31.4 Å². The number of amides is 2. The Hall–Kier alpha value is -2.93. The standard InChI is InChI=1S/C27H33FN2O4/c1-2-34-24-11-7-22(8-12-24)27(13-16-33-17-14-27)19-29-25(31)21-4-3-15-30(18-21)26(32)20-5-9-23(28)10-6-20/h5-12,21H,2-4,13-19H2,1H3,(H,29,31). The predicted octanol–water partition coefficient (Wildman–Crippen LogP) is 3.94. The van der Waals surface area contributed by atoms with E-state index in [-0.39, 0.29) is 29.0 Å². The molecule has 182 valence electrons. The number of carbonyl (C=O) groups is 2. The molecule has 2 heterocycles. The maximum atomic E-state index is 13.2. The molecule has 2 aromatic rings. The van der Waals surface area contributed by atoms with Gasteiger partial charge >= 0.3 is 0 Å². The molecule has 0 aromatic heterocycles. The third-order valence-corrected chi connectivity index (χ3v) is 7.00. The van der Waals surface area contributed by atoms with E-state index in [1.54, 1.807) is 4.90 Å². The van der Waals surface area contributed by atoms with Gasteiger partial charge in [-0.2, -0.15) is 0 Å². The van der Waals surface area contributed by atoms with Crippen LogP contribution >= 0.6 is 0 Å². The molecule has 2 aromatic carbocycles. The molecule has 0 aliphatic carbocycles. The molecule has 2 aliphatic heterocycles. The first kappa shape index (κ1) is 24.2. The third-order valence-electron chi connectivity index (χ3n) is 7.00. The van der Waals surface area contributed by atoms with Gasteiger partial charge in [-0.15, -0.1) is 0 Å². The number of ether oxygens (including phenoxy) is 2. The maximum absolute atomic E-state index is 13.2. The summed E-state index contributed by atoms with van der Waals surface area (Å²) >= 11 is 0. The highest BCUT2D eigenvalue weighted by Gasteiger charge is 2.36. The minimum atomic E-state index is -0.373. The van der Waals surface area contributed by atoms with Gasteiger partial charge in [-0.3, -0.25) is 9.59 Å². The van der Waals surface area contributed by atoms with Gasteiger partial charge < -0.3 is 19.7 Å². The maximum Gasteiger partial charge on any atom is 0.253 e. The van der Waals surface area contributed by atoms with Crippen molar-refractivity contribution in [1.29, 1.82) is 0 Å². The van der Waals surface area contributed by atoms with Gasteiger partial charge in [-0.1, -0.05) is 12.1 Å². The summed E-state index contributed by atoms with van der Waals surface area (Å²) in [4.78, 5) is 27.7. The van der Waals surface area contributed by atoms with Crippen LogP contribution in [-0.4, -0.2) is 56.2 Å². The van der Waals surface area contributed by atoms with Crippen molar-refractivity contribution >= 4 is 11.8 Å². The number of likely N-dealkylation sites (tertiary alicyclic amines) is 1. The van der Waals surface area contributed by atoms with Crippen molar-refractivity contribution in [2.45, 2.75) is 38.0 Å². The second-order valence-corrected chi connectivity index (χ2v) is 9.17. The lowest BCUT2D eigenvalue weighted by atomic mass is 9.74. The van der Waals surface area contributed by atoms with Gasteiger partial charge in [0.1, 0.15) is 11.6 Å². The van der Waals surface area contributed by atoms with E-state index in [1.165, 1.54) is 29.8 Å². The molecule has 2 fully saturated rings. The van der Waals surface area contributed by atoms with Crippen LogP contribution in [0.15, 0.2) is 48.5 Å². The first-order valence-corrected chi connectivity index (χ1v) is 12.1. The quantitative estimate of drug-likeness (QED) is 0.668. The van der Waals surface area contributed by atoms with E-state index in [9.17, 15) is 14.0 Å². The summed E-state index contributed by atoms with van der Waals surface area (Å²) < 4.78 is 24.4. The van der Waals surface area contributed by atoms with Crippen molar-refractivity contribution in [2.24, 2.45) is 5.92 Å². The van der Waals surface area contributed by atoms with Gasteiger partial charge in [0.2, 0.25) is 5.91 Å². The van der Waals surface area contributed by atoms with Crippen molar-refractivity contribution < 1.29 is 23.5 Å². The minimum absolute atomic E-state index is 0.0200. The first-order chi connectivity index (χ1) is 16.5. The van der Waals surface area contributed by atoms with Crippen molar-refractivity contribution in [3.8, 4) is 5.75 Å². The lowest BCUT2D eigenvalue weighted by molar-refractivity contribution is -0.126. The second kappa shape index (κ2) is 11.0. The average Bonchev–Trinajstić information content (AvgIpc) is 2.88. The van der Waals surface area contributed by atoms with Gasteiger partial charge in [-0.05, 0) is 74.6 Å². The molecule has 2 saturated heterocycles. The molecule has 0 saturated carbocycles. The number of piperidine rings is 1. The Balaban J connectivity index is 1.40. The number of hydrogen-bond donors (Lipinski definition) is 1. The molecule has 0 bridgehead atoms. The number of hydrogen-bond acceptors (Lipinski definition) is 4. The highest BCUT2D eigenvalue weighted by molar-refractivity contribution is 5.94. The fraction of sp³-hybridized carbons (Fsp3) is 0.481. The first-order valence-electron chi connectivity index (χ1n) is 12.1. The fourth-order valence-corrected chi connectivity index (χ4v) is 4.95. The van der Waals surface area contributed by atoms with E-state index in [4.69, 9.17) is 9.47 Å². The zero-order valence-corrected chi connectivity index (χ0v) is 19.7. The van der Waals surface area contributed by atoms with Crippen LogP contribution in [-0.2, 0) is 14.9 Å². The molecule has 1 unspecified atom stereocenters. The van der Waals surface area contributed by atoms with Gasteiger partial charge in [0.15, 0.2) is 0 Å². The number of benzene rings is 2. The van der Waals surface area contributed by atoms with Gasteiger partial charge in [0.05, 0.1) is 12.5 Å². The zero-order valence-electron chi connectivity index (χ0n) is 19.7. The highest BCUT2D eigenvalue weighted by atomic mass is 19.1. The van der Waals surface area contributed by atoms with Crippen molar-refractivity contribution in [3.63, 3.8) is 0 Å². The van der Waals surface area contributed by atoms with E-state index >= 15 is 0 Å². The Bertz CT molecular complexity index is 971. The largest absolute Gasteiger partial charge is 0.494 e. The molecule has 2 aliphatic rings. The summed E-state index contributed by atoms with van der Waals surface area (Å²) in [5.41, 5.74) is 1.44. The van der Waals surface area contributed by atoms with Crippen LogP contribution in [0.4, 0.5) is 4.39 Å². The van der Waals surface area contributed by atoms with E-state index < -0.39 is 0 Å². The number of nitrogens with one attached hydrogen (secondary N) is 1. The average molecular weight is 469 g/mol. The molecule has 0 radical (unpaired) electrons. The van der Waals surface area contributed by atoms with Gasteiger partial charge in [0, 0.05) is 43.8 Å². The van der Waals surface area contributed by atoms with E-state index in [0.29, 0.717) is 45.0 Å². The monoisotopic (exact) mass is 468 g/mol. The molecule has 34 heavy (non-hydrogen) atoms. The van der Waals surface area contributed by atoms with Crippen molar-refractivity contribution in [2.75, 3.05) is 39.5 Å². The lowest BCUT2D eigenvalue weighted by Crippen LogP contribution is -2.49. The summed E-state index contributed by atoms with van der Waals surface area (Å²) in [7, 11) is 0. The summed E-state index contributed by atoms with van der Waals surface area (Å²) in [6.07, 6.45) is 3.18. The molecule has 6 nitrogen and oxygen atoms in total. The van der Waals surface area contributed by atoms with Crippen LogP contribution in [0.3, 0.4) is 0 Å². The van der Waals surface area contributed by atoms with Gasteiger partial charge in [0.25, 0.3) is 5.91 Å². The van der Waals surface area contributed by atoms with E-state index in [1.807, 2.05) is 19.1 Å². The second-order valence-electron chi connectivity index (χ2n) is 9.17. The summed E-state index contributed by atoms with van der Waals surface area (Å²) in [6.45, 7) is 5.42. The Morgan fingerprint density at radius 3 is 2.50 bits per heavy atom. The number of halogens is 1. The van der Waals surface area contributed by atoms with Crippen molar-refractivity contribution in [1.82, 2.24) is 10.2 Å². The molecular formula is C27H33FN2O4. The Kier molecular flexibility index (Phi) is 7.83. The number of nitrogens with zero attached hydrogens (tertiary/aromatic N) is 1. The summed E-state index contributed by atoms with van der Waals surface area (Å²) in [5.74, 6) is 0.0317. The van der Waals surface area contributed by atoms with Crippen LogP contribution in [0, 0.1) is 11.7 Å². The fourth-order valence-electron chi connectivity index (χ4n) is 4.95. The zero-order chi connectivity index (χ0) is 24.0. The molecule has 7 heteroatoms. The van der Waals surface area contributed by atoms with Crippen LogP contribution in [0.25, 0.3) is 0 Å².